The molecule has 0 spiro atoms. The Balaban J connectivity index is 1.21. The average molecular weight is 702 g/mol. The third kappa shape index (κ3) is 6.83. The molecule has 1 heterocycles. The monoisotopic (exact) mass is 699 g/mol. The van der Waals surface area contributed by atoms with E-state index in [2.05, 4.69) is 31.8 Å². The fraction of sp³-hybridized carbons (Fsp3) is 0. The number of fused-ring (bicyclic) bond motifs is 1. The number of hydrogen-bond donors (Lipinski definition) is 2. The topological polar surface area (TPSA) is 96.9 Å². The van der Waals surface area contributed by atoms with Crippen LogP contribution in [0, 0.1) is 0 Å². The van der Waals surface area contributed by atoms with E-state index in [1.165, 1.54) is 35.8 Å². The van der Waals surface area contributed by atoms with E-state index in [1.54, 1.807) is 48.5 Å². The number of thiophene rings is 1. The molecule has 0 aliphatic carbocycles. The van der Waals surface area contributed by atoms with Gasteiger partial charge in [0, 0.05) is 36.4 Å². The summed E-state index contributed by atoms with van der Waals surface area (Å²) in [4.78, 5) is 38.5. The van der Waals surface area contributed by atoms with Crippen LogP contribution in [0.2, 0.25) is 15.1 Å². The number of para-hydroxylation sites is 1. The zero-order valence-corrected chi connectivity index (χ0v) is 25.8. The van der Waals surface area contributed by atoms with E-state index in [-0.39, 0.29) is 22.2 Å². The maximum Gasteiger partial charge on any atom is 0.345 e. The average Bonchev–Trinajstić information content (AvgIpc) is 3.29. The molecule has 4 aromatic carbocycles. The van der Waals surface area contributed by atoms with Crippen LogP contribution >= 0.6 is 62.1 Å². The van der Waals surface area contributed by atoms with Gasteiger partial charge in [-0.3, -0.25) is 9.59 Å². The highest BCUT2D eigenvalue weighted by atomic mass is 79.9. The maximum absolute atomic E-state index is 12.9. The zero-order valence-electron chi connectivity index (χ0n) is 21.2. The number of anilines is 1. The molecule has 1 aromatic heterocycles. The Morgan fingerprint density at radius 1 is 0.881 bits per heavy atom. The Morgan fingerprint density at radius 2 is 1.64 bits per heavy atom. The van der Waals surface area contributed by atoms with Crippen molar-refractivity contribution in [3.63, 3.8) is 0 Å². The van der Waals surface area contributed by atoms with Gasteiger partial charge in [-0.25, -0.2) is 10.2 Å². The second kappa shape index (κ2) is 13.1. The van der Waals surface area contributed by atoms with Gasteiger partial charge in [0.15, 0.2) is 0 Å². The molecule has 7 nitrogen and oxygen atoms in total. The third-order valence-electron chi connectivity index (χ3n) is 5.85. The summed E-state index contributed by atoms with van der Waals surface area (Å²) in [5.41, 5.74) is 3.84. The molecule has 0 aliphatic heterocycles. The van der Waals surface area contributed by atoms with Gasteiger partial charge in [-0.2, -0.15) is 5.10 Å². The second-order valence-corrected chi connectivity index (χ2v) is 11.9. The smallest absolute Gasteiger partial charge is 0.345 e. The molecule has 0 aliphatic rings. The molecule has 0 atom stereocenters. The van der Waals surface area contributed by atoms with Crippen molar-refractivity contribution in [1.29, 1.82) is 0 Å². The molecular weight excluding hydrogens is 685 g/mol. The van der Waals surface area contributed by atoms with Crippen molar-refractivity contribution >= 4 is 102 Å². The second-order valence-electron chi connectivity index (χ2n) is 8.67. The lowest BCUT2D eigenvalue weighted by Gasteiger charge is -2.08. The van der Waals surface area contributed by atoms with Crippen LogP contribution in [0.15, 0.2) is 94.5 Å². The SMILES string of the molecule is O=C(N/N=C\c1ccccc1OC(=O)c1ccc(Cl)cc1Cl)c1ccc(NC(=O)c2sc3cc(Br)ccc3c2Cl)cc1. The number of nitrogens with one attached hydrogen (secondary N) is 2. The molecule has 2 N–H and O–H groups in total. The van der Waals surface area contributed by atoms with Gasteiger partial charge in [-0.15, -0.1) is 11.3 Å². The predicted octanol–water partition coefficient (Wildman–Crippen LogP) is 8.86. The van der Waals surface area contributed by atoms with E-state index < -0.39 is 11.9 Å². The van der Waals surface area contributed by atoms with Gasteiger partial charge in [0.2, 0.25) is 0 Å². The van der Waals surface area contributed by atoms with E-state index >= 15 is 0 Å². The number of esters is 1. The maximum atomic E-state index is 12.9. The van der Waals surface area contributed by atoms with Crippen LogP contribution in [0.4, 0.5) is 5.69 Å². The number of amides is 2. The van der Waals surface area contributed by atoms with Gasteiger partial charge in [-0.1, -0.05) is 68.9 Å². The van der Waals surface area contributed by atoms with Crippen molar-refractivity contribution in [2.45, 2.75) is 0 Å². The Bertz CT molecular complexity index is 1880. The van der Waals surface area contributed by atoms with E-state index in [0.29, 0.717) is 31.7 Å². The molecule has 2 amide bonds. The summed E-state index contributed by atoms with van der Waals surface area (Å²) in [6.07, 6.45) is 1.35. The number of rotatable bonds is 7. The molecule has 42 heavy (non-hydrogen) atoms. The number of carbonyl (C=O) groups is 3. The fourth-order valence-electron chi connectivity index (χ4n) is 3.79. The van der Waals surface area contributed by atoms with Crippen LogP contribution < -0.4 is 15.5 Å². The van der Waals surface area contributed by atoms with E-state index in [9.17, 15) is 14.4 Å². The van der Waals surface area contributed by atoms with Crippen molar-refractivity contribution in [1.82, 2.24) is 5.43 Å². The van der Waals surface area contributed by atoms with Gasteiger partial charge in [0.1, 0.15) is 10.6 Å². The van der Waals surface area contributed by atoms with Crippen LogP contribution in [0.25, 0.3) is 10.1 Å². The lowest BCUT2D eigenvalue weighted by atomic mass is 10.2. The molecule has 210 valence electrons. The highest BCUT2D eigenvalue weighted by Gasteiger charge is 2.18. The number of hydrogen-bond acceptors (Lipinski definition) is 6. The summed E-state index contributed by atoms with van der Waals surface area (Å²) in [6, 6.07) is 23.1. The van der Waals surface area contributed by atoms with Gasteiger partial charge in [-0.05, 0) is 66.7 Å². The molecule has 0 fully saturated rings. The van der Waals surface area contributed by atoms with Gasteiger partial charge in [0.25, 0.3) is 11.8 Å². The first-order valence-electron chi connectivity index (χ1n) is 12.1. The number of nitrogens with zero attached hydrogens (tertiary/aromatic N) is 1. The van der Waals surface area contributed by atoms with Crippen LogP contribution in [0.5, 0.6) is 5.75 Å². The molecule has 0 radical (unpaired) electrons. The number of benzene rings is 4. The summed E-state index contributed by atoms with van der Waals surface area (Å²) in [7, 11) is 0. The predicted molar refractivity (Wildman–Crippen MR) is 172 cm³/mol. The normalized spacial score (nSPS) is 11.0. The van der Waals surface area contributed by atoms with Crippen LogP contribution in [0.3, 0.4) is 0 Å². The van der Waals surface area contributed by atoms with Crippen LogP contribution in [-0.4, -0.2) is 24.0 Å². The number of hydrazone groups is 1. The lowest BCUT2D eigenvalue weighted by molar-refractivity contribution is 0.0734. The third-order valence-corrected chi connectivity index (χ3v) is 8.54. The molecule has 0 saturated heterocycles. The summed E-state index contributed by atoms with van der Waals surface area (Å²) in [5.74, 6) is -1.28. The Labute approximate surface area is 267 Å². The van der Waals surface area contributed by atoms with Crippen molar-refractivity contribution in [3.05, 3.63) is 126 Å². The molecule has 12 heteroatoms. The summed E-state index contributed by atoms with van der Waals surface area (Å²) < 4.78 is 7.27. The molecular formula is C30H17BrCl3N3O4S. The summed E-state index contributed by atoms with van der Waals surface area (Å²) in [6.45, 7) is 0. The lowest BCUT2D eigenvalue weighted by Crippen LogP contribution is -2.18. The number of carbonyl (C=O) groups excluding carboxylic acids is 3. The fourth-order valence-corrected chi connectivity index (χ4v) is 6.24. The van der Waals surface area contributed by atoms with Crippen LogP contribution in [-0.2, 0) is 0 Å². The molecule has 5 aromatic rings. The Kier molecular flexibility index (Phi) is 9.25. The van der Waals surface area contributed by atoms with Crippen molar-refractivity contribution < 1.29 is 19.1 Å². The summed E-state index contributed by atoms with van der Waals surface area (Å²) >= 11 is 23.2. The first-order chi connectivity index (χ1) is 20.2. The van der Waals surface area contributed by atoms with Crippen LogP contribution in [0.1, 0.15) is 36.0 Å². The Morgan fingerprint density at radius 3 is 2.40 bits per heavy atom. The minimum absolute atomic E-state index is 0.154. The number of halogens is 4. The van der Waals surface area contributed by atoms with Gasteiger partial charge in [0.05, 0.1) is 21.8 Å². The van der Waals surface area contributed by atoms with Gasteiger partial charge >= 0.3 is 5.97 Å². The highest BCUT2D eigenvalue weighted by Crippen LogP contribution is 2.37. The first kappa shape index (κ1) is 29.8. The highest BCUT2D eigenvalue weighted by molar-refractivity contribution is 9.10. The van der Waals surface area contributed by atoms with Crippen molar-refractivity contribution in [2.75, 3.05) is 5.32 Å². The standard InChI is InChI=1S/C30H17BrCl3N3O4S/c31-18-7-11-22-25(13-18)42-27(26(22)34)29(39)36-20-9-5-16(6-10-20)28(38)37-35-15-17-3-1-2-4-24(17)41-30(40)21-12-8-19(32)14-23(21)33/h1-15H,(H,36,39)(H,37,38)/b35-15-. The van der Waals surface area contributed by atoms with Crippen molar-refractivity contribution in [3.8, 4) is 5.75 Å². The van der Waals surface area contributed by atoms with E-state index in [1.807, 2.05) is 18.2 Å². The van der Waals surface area contributed by atoms with Crippen molar-refractivity contribution in [2.24, 2.45) is 5.10 Å². The quantitative estimate of drug-likeness (QED) is 0.0767. The van der Waals surface area contributed by atoms with Gasteiger partial charge < -0.3 is 10.1 Å². The largest absolute Gasteiger partial charge is 0.422 e. The van der Waals surface area contributed by atoms with E-state index in [4.69, 9.17) is 39.5 Å². The number of ether oxygens (including phenoxy) is 1. The molecule has 0 unspecified atom stereocenters. The van der Waals surface area contributed by atoms with E-state index in [0.717, 1.165) is 14.6 Å². The molecule has 5 rings (SSSR count). The first-order valence-corrected chi connectivity index (χ1v) is 14.8. The minimum atomic E-state index is -0.670. The Hall–Kier alpha value is -3.73. The minimum Gasteiger partial charge on any atom is -0.422 e. The zero-order chi connectivity index (χ0) is 29.8. The molecule has 0 bridgehead atoms. The summed E-state index contributed by atoms with van der Waals surface area (Å²) in [5, 5.41) is 8.53. The molecule has 0 saturated carbocycles.